The number of aromatic hydroxyl groups is 1. The van der Waals surface area contributed by atoms with Crippen molar-refractivity contribution in [2.45, 2.75) is 13.1 Å². The quantitative estimate of drug-likeness (QED) is 0.712. The van der Waals surface area contributed by atoms with Crippen LogP contribution in [0.25, 0.3) is 0 Å². The van der Waals surface area contributed by atoms with Crippen LogP contribution in [0.15, 0.2) is 18.2 Å². The summed E-state index contributed by atoms with van der Waals surface area (Å²) in [6.07, 6.45) is -4.61. The van der Waals surface area contributed by atoms with Gasteiger partial charge >= 0.3 is 6.18 Å². The van der Waals surface area contributed by atoms with E-state index in [0.29, 0.717) is 6.07 Å². The molecule has 0 aromatic heterocycles. The predicted molar refractivity (Wildman–Crippen MR) is 47.4 cm³/mol. The molecule has 0 atom stereocenters. The molecular weight excluding hydrogens is 211 g/mol. The first-order valence-corrected chi connectivity index (χ1v) is 3.98. The summed E-state index contributed by atoms with van der Waals surface area (Å²) in [6.45, 7) is 1.10. The fourth-order valence-corrected chi connectivity index (χ4v) is 1.07. The molecular formula is C9H8F3NO2. The highest BCUT2D eigenvalue weighted by atomic mass is 19.4. The number of benzene rings is 1. The van der Waals surface area contributed by atoms with Crippen LogP contribution in [0.3, 0.4) is 0 Å². The molecule has 2 N–H and O–H groups in total. The minimum absolute atomic E-state index is 0.368. The molecule has 3 nitrogen and oxygen atoms in total. The Labute approximate surface area is 83.5 Å². The molecule has 1 aromatic rings. The third kappa shape index (κ3) is 2.87. The molecule has 82 valence electrons. The van der Waals surface area contributed by atoms with Gasteiger partial charge in [0.1, 0.15) is 5.75 Å². The van der Waals surface area contributed by atoms with Gasteiger partial charge in [-0.2, -0.15) is 13.2 Å². The molecule has 0 aliphatic rings. The molecule has 0 spiro atoms. The van der Waals surface area contributed by atoms with Crippen LogP contribution in [0.2, 0.25) is 0 Å². The van der Waals surface area contributed by atoms with E-state index in [1.807, 2.05) is 5.32 Å². The van der Waals surface area contributed by atoms with Gasteiger partial charge in [0.25, 0.3) is 0 Å². The molecule has 0 saturated heterocycles. The monoisotopic (exact) mass is 219 g/mol. The number of halogens is 3. The van der Waals surface area contributed by atoms with Crippen LogP contribution in [0, 0.1) is 0 Å². The van der Waals surface area contributed by atoms with Gasteiger partial charge in [0.2, 0.25) is 5.91 Å². The number of amides is 1. The maximum atomic E-state index is 12.4. The summed E-state index contributed by atoms with van der Waals surface area (Å²) in [4.78, 5) is 10.6. The van der Waals surface area contributed by atoms with E-state index in [9.17, 15) is 18.0 Å². The second kappa shape index (κ2) is 3.80. The number of carbonyl (C=O) groups excluding carboxylic acids is 1. The molecule has 0 heterocycles. The van der Waals surface area contributed by atoms with E-state index in [-0.39, 0.29) is 5.69 Å². The van der Waals surface area contributed by atoms with Crippen molar-refractivity contribution in [1.29, 1.82) is 0 Å². The van der Waals surface area contributed by atoms with Crippen molar-refractivity contribution >= 4 is 11.6 Å². The molecule has 0 bridgehead atoms. The Morgan fingerprint density at radius 3 is 2.47 bits per heavy atom. The number of rotatable bonds is 1. The highest BCUT2D eigenvalue weighted by Gasteiger charge is 2.34. The van der Waals surface area contributed by atoms with Crippen LogP contribution in [0.5, 0.6) is 5.75 Å². The number of phenolic OH excluding ortho intramolecular Hbond substituents is 1. The van der Waals surface area contributed by atoms with E-state index in [0.717, 1.165) is 19.1 Å². The van der Waals surface area contributed by atoms with Crippen molar-refractivity contribution in [3.8, 4) is 5.75 Å². The highest BCUT2D eigenvalue weighted by Crippen LogP contribution is 2.36. The first kappa shape index (κ1) is 11.4. The third-order valence-corrected chi connectivity index (χ3v) is 1.62. The second-order valence-corrected chi connectivity index (χ2v) is 2.91. The number of phenols is 1. The van der Waals surface area contributed by atoms with Gasteiger partial charge in [-0.05, 0) is 18.2 Å². The van der Waals surface area contributed by atoms with Gasteiger partial charge in [0.05, 0.1) is 11.3 Å². The lowest BCUT2D eigenvalue weighted by atomic mass is 10.1. The first-order valence-electron chi connectivity index (χ1n) is 3.98. The van der Waals surface area contributed by atoms with E-state index >= 15 is 0 Å². The Morgan fingerprint density at radius 2 is 2.00 bits per heavy atom. The van der Waals surface area contributed by atoms with E-state index in [1.165, 1.54) is 0 Å². The van der Waals surface area contributed by atoms with E-state index in [2.05, 4.69) is 0 Å². The van der Waals surface area contributed by atoms with Gasteiger partial charge in [-0.3, -0.25) is 4.79 Å². The zero-order valence-corrected chi connectivity index (χ0v) is 7.72. The molecule has 0 saturated carbocycles. The summed E-state index contributed by atoms with van der Waals surface area (Å²) in [5, 5.41) is 11.0. The predicted octanol–water partition coefficient (Wildman–Crippen LogP) is 2.37. The summed E-state index contributed by atoms with van der Waals surface area (Å²) < 4.78 is 37.2. The maximum absolute atomic E-state index is 12.4. The largest absolute Gasteiger partial charge is 0.508 e. The average Bonchev–Trinajstić information content (AvgIpc) is 2.05. The van der Waals surface area contributed by atoms with Crippen LogP contribution in [0.1, 0.15) is 12.5 Å². The Morgan fingerprint density at radius 1 is 1.40 bits per heavy atom. The lowest BCUT2D eigenvalue weighted by Gasteiger charge is -2.12. The molecule has 1 aromatic carbocycles. The molecule has 6 heteroatoms. The summed E-state index contributed by atoms with van der Waals surface area (Å²) in [5.74, 6) is -1.11. The molecule has 1 rings (SSSR count). The van der Waals surface area contributed by atoms with Crippen molar-refractivity contribution in [2.24, 2.45) is 0 Å². The summed E-state index contributed by atoms with van der Waals surface area (Å²) in [6, 6.07) is 2.63. The van der Waals surface area contributed by atoms with Crippen molar-refractivity contribution in [1.82, 2.24) is 0 Å². The van der Waals surface area contributed by atoms with E-state index in [1.54, 1.807) is 0 Å². The van der Waals surface area contributed by atoms with Crippen LogP contribution in [0.4, 0.5) is 18.9 Å². The molecule has 1 amide bonds. The minimum Gasteiger partial charge on any atom is -0.508 e. The van der Waals surface area contributed by atoms with Crippen LogP contribution >= 0.6 is 0 Å². The SMILES string of the molecule is CC(=O)Nc1ccc(O)cc1C(F)(F)F. The number of carbonyl (C=O) groups is 1. The molecule has 0 aliphatic carbocycles. The number of hydrogen-bond acceptors (Lipinski definition) is 2. The van der Waals surface area contributed by atoms with Crippen LogP contribution < -0.4 is 5.32 Å². The normalized spacial score (nSPS) is 11.2. The molecule has 0 radical (unpaired) electrons. The molecule has 0 unspecified atom stereocenters. The standard InChI is InChI=1S/C9H8F3NO2/c1-5(14)13-8-3-2-6(15)4-7(8)9(10,11)12/h2-4,15H,1H3,(H,13,14). The number of alkyl halides is 3. The molecule has 0 fully saturated rings. The smallest absolute Gasteiger partial charge is 0.418 e. The minimum atomic E-state index is -4.61. The van der Waals surface area contributed by atoms with Crippen molar-refractivity contribution in [3.05, 3.63) is 23.8 Å². The first-order chi connectivity index (χ1) is 6.80. The topological polar surface area (TPSA) is 49.3 Å². The summed E-state index contributed by atoms with van der Waals surface area (Å²) in [5.41, 5.74) is -1.44. The van der Waals surface area contributed by atoms with Crippen LogP contribution in [-0.2, 0) is 11.0 Å². The Kier molecular flexibility index (Phi) is 2.88. The van der Waals surface area contributed by atoms with Crippen LogP contribution in [-0.4, -0.2) is 11.0 Å². The molecule has 0 aliphatic heterocycles. The highest BCUT2D eigenvalue weighted by molar-refractivity contribution is 5.89. The number of anilines is 1. The fraction of sp³-hybridized carbons (Fsp3) is 0.222. The van der Waals surface area contributed by atoms with E-state index in [4.69, 9.17) is 5.11 Å². The van der Waals surface area contributed by atoms with Gasteiger partial charge < -0.3 is 10.4 Å². The third-order valence-electron chi connectivity index (χ3n) is 1.62. The Hall–Kier alpha value is -1.72. The lowest BCUT2D eigenvalue weighted by Crippen LogP contribution is -2.13. The van der Waals surface area contributed by atoms with E-state index < -0.39 is 23.4 Å². The zero-order chi connectivity index (χ0) is 11.6. The van der Waals surface area contributed by atoms with Crippen molar-refractivity contribution in [2.75, 3.05) is 5.32 Å². The van der Waals surface area contributed by atoms with Gasteiger partial charge in [0, 0.05) is 6.92 Å². The Bertz CT molecular complexity index is 387. The number of nitrogens with one attached hydrogen (secondary N) is 1. The Balaban J connectivity index is 3.20. The average molecular weight is 219 g/mol. The number of hydrogen-bond donors (Lipinski definition) is 2. The zero-order valence-electron chi connectivity index (χ0n) is 7.72. The second-order valence-electron chi connectivity index (χ2n) is 2.91. The van der Waals surface area contributed by atoms with Crippen molar-refractivity contribution in [3.63, 3.8) is 0 Å². The fourth-order valence-electron chi connectivity index (χ4n) is 1.07. The van der Waals surface area contributed by atoms with Crippen molar-refractivity contribution < 1.29 is 23.1 Å². The van der Waals surface area contributed by atoms with Gasteiger partial charge in [0.15, 0.2) is 0 Å². The van der Waals surface area contributed by atoms with Gasteiger partial charge in [-0.1, -0.05) is 0 Å². The lowest BCUT2D eigenvalue weighted by molar-refractivity contribution is -0.137. The maximum Gasteiger partial charge on any atom is 0.418 e. The van der Waals surface area contributed by atoms with Gasteiger partial charge in [-0.15, -0.1) is 0 Å². The summed E-state index contributed by atoms with van der Waals surface area (Å²) in [7, 11) is 0. The molecule has 15 heavy (non-hydrogen) atoms. The summed E-state index contributed by atoms with van der Waals surface area (Å²) >= 11 is 0. The van der Waals surface area contributed by atoms with Gasteiger partial charge in [-0.25, -0.2) is 0 Å².